The van der Waals surface area contributed by atoms with Crippen LogP contribution in [0, 0.1) is 6.92 Å². The second-order valence-electron chi connectivity index (χ2n) is 5.83. The zero-order valence-corrected chi connectivity index (χ0v) is 17.2. The average Bonchev–Trinajstić information content (AvgIpc) is 3.02. The van der Waals surface area contributed by atoms with Crippen LogP contribution in [0.3, 0.4) is 0 Å². The third-order valence-corrected chi connectivity index (χ3v) is 5.18. The number of hydrogen-bond donors (Lipinski definition) is 1. The molecule has 0 saturated carbocycles. The molecule has 1 amide bonds. The number of aromatic nitrogens is 2. The lowest BCUT2D eigenvalue weighted by atomic mass is 10.2. The zero-order valence-electron chi connectivity index (χ0n) is 16.4. The van der Waals surface area contributed by atoms with Gasteiger partial charge in [0.1, 0.15) is 11.2 Å². The van der Waals surface area contributed by atoms with Crippen molar-refractivity contribution in [3.63, 3.8) is 0 Å². The summed E-state index contributed by atoms with van der Waals surface area (Å²) in [4.78, 5) is 22.7. The summed E-state index contributed by atoms with van der Waals surface area (Å²) in [5.74, 6) is 1.53. The number of nitrogens with zero attached hydrogens (tertiary/aromatic N) is 2. The van der Waals surface area contributed by atoms with Crippen LogP contribution in [-0.4, -0.2) is 35.7 Å². The fourth-order valence-corrected chi connectivity index (χ4v) is 3.85. The minimum absolute atomic E-state index is 0.213. The van der Waals surface area contributed by atoms with Crippen LogP contribution in [0.1, 0.15) is 36.0 Å². The van der Waals surface area contributed by atoms with E-state index >= 15 is 0 Å². The summed E-state index contributed by atoms with van der Waals surface area (Å²) < 4.78 is 16.8. The van der Waals surface area contributed by atoms with Crippen molar-refractivity contribution in [2.45, 2.75) is 27.7 Å². The lowest BCUT2D eigenvalue weighted by molar-refractivity contribution is 0.103. The monoisotopic (exact) mass is 401 g/mol. The van der Waals surface area contributed by atoms with Gasteiger partial charge in [0.05, 0.1) is 30.1 Å². The van der Waals surface area contributed by atoms with E-state index in [4.69, 9.17) is 14.2 Å². The molecule has 0 fully saturated rings. The third kappa shape index (κ3) is 4.01. The highest BCUT2D eigenvalue weighted by atomic mass is 32.1. The van der Waals surface area contributed by atoms with Gasteiger partial charge in [0, 0.05) is 11.8 Å². The molecule has 0 spiro atoms. The Balaban J connectivity index is 1.90. The Hall–Kier alpha value is -2.87. The number of carbonyl (C=O) groups excluding carboxylic acids is 1. The topological polar surface area (TPSA) is 82.6 Å². The quantitative estimate of drug-likeness (QED) is 0.600. The molecule has 0 bridgehead atoms. The third-order valence-electron chi connectivity index (χ3n) is 3.98. The van der Waals surface area contributed by atoms with E-state index in [1.165, 1.54) is 17.7 Å². The number of carbonyl (C=O) groups is 1. The highest BCUT2D eigenvalue weighted by Crippen LogP contribution is 2.35. The van der Waals surface area contributed by atoms with Crippen molar-refractivity contribution in [2.24, 2.45) is 0 Å². The molecule has 0 aliphatic heterocycles. The van der Waals surface area contributed by atoms with Crippen LogP contribution >= 0.6 is 11.3 Å². The molecule has 0 atom stereocenters. The van der Waals surface area contributed by atoms with Gasteiger partial charge in [0.2, 0.25) is 5.88 Å². The maximum Gasteiger partial charge on any atom is 0.266 e. The molecule has 0 unspecified atom stereocenters. The summed E-state index contributed by atoms with van der Waals surface area (Å²) >= 11 is 1.32. The number of rotatable bonds is 8. The maximum absolute atomic E-state index is 12.9. The van der Waals surface area contributed by atoms with Gasteiger partial charge in [-0.15, -0.1) is 11.3 Å². The molecule has 8 heteroatoms. The predicted octanol–water partition coefficient (Wildman–Crippen LogP) is 4.45. The first kappa shape index (κ1) is 19.9. The highest BCUT2D eigenvalue weighted by molar-refractivity contribution is 7.20. The van der Waals surface area contributed by atoms with Crippen LogP contribution in [0.2, 0.25) is 0 Å². The summed E-state index contributed by atoms with van der Waals surface area (Å²) in [7, 11) is 0. The Morgan fingerprint density at radius 3 is 2.46 bits per heavy atom. The Bertz CT molecular complexity index is 987. The Morgan fingerprint density at radius 1 is 1.04 bits per heavy atom. The molecular formula is C20H23N3O4S. The van der Waals surface area contributed by atoms with Crippen molar-refractivity contribution >= 4 is 33.1 Å². The number of hydrogen-bond acceptors (Lipinski definition) is 7. The lowest BCUT2D eigenvalue weighted by Crippen LogP contribution is -2.11. The van der Waals surface area contributed by atoms with E-state index in [1.807, 2.05) is 27.7 Å². The van der Waals surface area contributed by atoms with Gasteiger partial charge < -0.3 is 19.5 Å². The number of fused-ring (bicyclic) bond motifs is 1. The van der Waals surface area contributed by atoms with Crippen molar-refractivity contribution in [3.05, 3.63) is 35.0 Å². The zero-order chi connectivity index (χ0) is 20.1. The molecule has 3 rings (SSSR count). The minimum atomic E-state index is -0.213. The lowest BCUT2D eigenvalue weighted by Gasteiger charge is -2.13. The molecule has 1 N–H and O–H groups in total. The second kappa shape index (κ2) is 8.88. The minimum Gasteiger partial charge on any atom is -0.490 e. The summed E-state index contributed by atoms with van der Waals surface area (Å²) in [5, 5.41) is 3.71. The number of anilines is 1. The SMILES string of the molecule is CCOc1ccc(NC(=O)c2sc3ncnc(OCC)c3c2C)cc1OCC. The first-order valence-electron chi connectivity index (χ1n) is 9.16. The van der Waals surface area contributed by atoms with E-state index in [2.05, 4.69) is 15.3 Å². The Kier molecular flexibility index (Phi) is 6.30. The van der Waals surface area contributed by atoms with Crippen LogP contribution in [0.5, 0.6) is 17.4 Å². The van der Waals surface area contributed by atoms with Crippen LogP contribution in [0.4, 0.5) is 5.69 Å². The largest absolute Gasteiger partial charge is 0.490 e. The second-order valence-corrected chi connectivity index (χ2v) is 6.83. The number of benzene rings is 1. The van der Waals surface area contributed by atoms with E-state index in [1.54, 1.807) is 18.2 Å². The summed E-state index contributed by atoms with van der Waals surface area (Å²) in [6, 6.07) is 5.35. The van der Waals surface area contributed by atoms with Crippen LogP contribution in [0.25, 0.3) is 10.2 Å². The summed E-state index contributed by atoms with van der Waals surface area (Å²) in [6.45, 7) is 9.12. The van der Waals surface area contributed by atoms with E-state index in [0.717, 1.165) is 15.8 Å². The van der Waals surface area contributed by atoms with Crippen molar-refractivity contribution in [1.29, 1.82) is 0 Å². The van der Waals surface area contributed by atoms with E-state index in [9.17, 15) is 4.79 Å². The fraction of sp³-hybridized carbons (Fsp3) is 0.350. The normalized spacial score (nSPS) is 10.7. The van der Waals surface area contributed by atoms with Crippen molar-refractivity contribution < 1.29 is 19.0 Å². The first-order chi connectivity index (χ1) is 13.6. The summed E-state index contributed by atoms with van der Waals surface area (Å²) in [6.07, 6.45) is 1.45. The van der Waals surface area contributed by atoms with Gasteiger partial charge in [0.25, 0.3) is 5.91 Å². The van der Waals surface area contributed by atoms with Gasteiger partial charge in [-0.2, -0.15) is 0 Å². The molecule has 1 aromatic carbocycles. The molecular weight excluding hydrogens is 378 g/mol. The van der Waals surface area contributed by atoms with Gasteiger partial charge in [-0.3, -0.25) is 4.79 Å². The van der Waals surface area contributed by atoms with Crippen molar-refractivity contribution in [2.75, 3.05) is 25.1 Å². The number of thiophene rings is 1. The standard InChI is InChI=1S/C20H23N3O4S/c1-5-25-14-9-8-13(10-15(14)26-6-2)23-18(24)17-12(4)16-19(27-7-3)21-11-22-20(16)28-17/h8-11H,5-7H2,1-4H3,(H,23,24). The summed E-state index contributed by atoms with van der Waals surface area (Å²) in [5.41, 5.74) is 1.43. The molecule has 2 heterocycles. The number of nitrogens with one attached hydrogen (secondary N) is 1. The van der Waals surface area contributed by atoms with Gasteiger partial charge in [-0.1, -0.05) is 0 Å². The molecule has 7 nitrogen and oxygen atoms in total. The van der Waals surface area contributed by atoms with Crippen LogP contribution in [-0.2, 0) is 0 Å². The molecule has 2 aromatic heterocycles. The molecule has 3 aromatic rings. The van der Waals surface area contributed by atoms with Gasteiger partial charge in [-0.25, -0.2) is 9.97 Å². The Labute approximate surface area is 167 Å². The highest BCUT2D eigenvalue weighted by Gasteiger charge is 2.20. The van der Waals surface area contributed by atoms with Gasteiger partial charge >= 0.3 is 0 Å². The predicted molar refractivity (Wildman–Crippen MR) is 110 cm³/mol. The van der Waals surface area contributed by atoms with Crippen molar-refractivity contribution in [1.82, 2.24) is 9.97 Å². The molecule has 0 saturated heterocycles. The maximum atomic E-state index is 12.9. The van der Waals surface area contributed by atoms with Crippen molar-refractivity contribution in [3.8, 4) is 17.4 Å². The van der Waals surface area contributed by atoms with Crippen LogP contribution in [0.15, 0.2) is 24.5 Å². The van der Waals surface area contributed by atoms with Gasteiger partial charge in [0.15, 0.2) is 11.5 Å². The number of aryl methyl sites for hydroxylation is 1. The first-order valence-corrected chi connectivity index (χ1v) is 9.98. The molecule has 0 radical (unpaired) electrons. The van der Waals surface area contributed by atoms with Gasteiger partial charge in [-0.05, 0) is 45.4 Å². The van der Waals surface area contributed by atoms with Crippen LogP contribution < -0.4 is 19.5 Å². The molecule has 28 heavy (non-hydrogen) atoms. The smallest absolute Gasteiger partial charge is 0.266 e. The van der Waals surface area contributed by atoms with E-state index in [0.29, 0.717) is 47.8 Å². The average molecular weight is 401 g/mol. The van der Waals surface area contributed by atoms with E-state index < -0.39 is 0 Å². The molecule has 148 valence electrons. The fourth-order valence-electron chi connectivity index (χ4n) is 2.82. The molecule has 0 aliphatic rings. The Morgan fingerprint density at radius 2 is 1.75 bits per heavy atom. The van der Waals surface area contributed by atoms with E-state index in [-0.39, 0.29) is 5.91 Å². The molecule has 0 aliphatic carbocycles. The number of ether oxygens (including phenoxy) is 3. The number of amides is 1.